The molecule has 1 aliphatic heterocycles. The molecule has 1 saturated heterocycles. The lowest BCUT2D eigenvalue weighted by atomic mass is 9.70. The number of rotatable bonds is 9. The number of likely N-dealkylation sites (tertiary alicyclic amines) is 1. The summed E-state index contributed by atoms with van der Waals surface area (Å²) in [6.07, 6.45) is 2.29. The number of hydrogen-bond donors (Lipinski definition) is 1. The fourth-order valence-corrected chi connectivity index (χ4v) is 6.49. The number of nitrogens with zero attached hydrogens (tertiary/aromatic N) is 1. The Labute approximate surface area is 244 Å². The van der Waals surface area contributed by atoms with Crippen LogP contribution >= 0.6 is 23.2 Å². The van der Waals surface area contributed by atoms with Gasteiger partial charge in [0.1, 0.15) is 0 Å². The van der Waals surface area contributed by atoms with E-state index in [0.29, 0.717) is 70.8 Å². The highest BCUT2D eigenvalue weighted by molar-refractivity contribution is 7.85. The second-order valence-corrected chi connectivity index (χ2v) is 11.9. The van der Waals surface area contributed by atoms with E-state index in [9.17, 15) is 17.8 Å². The predicted octanol–water partition coefficient (Wildman–Crippen LogP) is 6.07. The Kier molecular flexibility index (Phi) is 9.19. The van der Waals surface area contributed by atoms with Gasteiger partial charge >= 0.3 is 0 Å². The summed E-state index contributed by atoms with van der Waals surface area (Å²) >= 11 is 12.6. The minimum atomic E-state index is -4.40. The van der Waals surface area contributed by atoms with Gasteiger partial charge in [-0.1, -0.05) is 47.5 Å². The number of ether oxygens (including phenoxy) is 3. The molecule has 1 unspecified atom stereocenters. The highest BCUT2D eigenvalue weighted by atomic mass is 35.5. The third kappa shape index (κ3) is 6.17. The van der Waals surface area contributed by atoms with Gasteiger partial charge in [0.25, 0.3) is 16.0 Å². The number of carbonyl (C=O) groups excluding carboxylic acids is 1. The third-order valence-corrected chi connectivity index (χ3v) is 9.12. The molecule has 0 saturated carbocycles. The summed E-state index contributed by atoms with van der Waals surface area (Å²) < 4.78 is 50.1. The fourth-order valence-electron chi connectivity index (χ4n) is 5.44. The first-order valence-electron chi connectivity index (χ1n) is 12.6. The zero-order valence-corrected chi connectivity index (χ0v) is 24.8. The van der Waals surface area contributed by atoms with E-state index in [1.807, 2.05) is 12.1 Å². The monoisotopic (exact) mass is 607 g/mol. The molecule has 1 amide bonds. The lowest BCUT2D eigenvalue weighted by Crippen LogP contribution is -2.49. The van der Waals surface area contributed by atoms with Crippen molar-refractivity contribution in [2.45, 2.75) is 36.0 Å². The van der Waals surface area contributed by atoms with Crippen LogP contribution in [0.2, 0.25) is 10.0 Å². The maximum atomic E-state index is 13.9. The minimum absolute atomic E-state index is 0.125. The first kappa shape index (κ1) is 30.0. The molecule has 0 spiro atoms. The van der Waals surface area contributed by atoms with Crippen molar-refractivity contribution >= 4 is 39.2 Å². The molecular formula is C29H31Cl2NO7S. The van der Waals surface area contributed by atoms with Gasteiger partial charge in [0.2, 0.25) is 5.75 Å². The summed E-state index contributed by atoms with van der Waals surface area (Å²) in [7, 11) is 0.0832. The van der Waals surface area contributed by atoms with Gasteiger partial charge in [0.05, 0.1) is 36.3 Å². The largest absolute Gasteiger partial charge is 0.493 e. The Hall–Kier alpha value is -2.98. The van der Waals surface area contributed by atoms with Crippen LogP contribution in [-0.2, 0) is 22.0 Å². The predicted molar refractivity (Wildman–Crippen MR) is 154 cm³/mol. The average molecular weight is 609 g/mol. The van der Waals surface area contributed by atoms with E-state index in [2.05, 4.69) is 0 Å². The number of benzene rings is 3. The maximum absolute atomic E-state index is 13.9. The fraction of sp³-hybridized carbons (Fsp3) is 0.345. The topological polar surface area (TPSA) is 102 Å². The van der Waals surface area contributed by atoms with Crippen molar-refractivity contribution in [1.29, 1.82) is 0 Å². The molecule has 1 aliphatic rings. The van der Waals surface area contributed by atoms with E-state index in [0.717, 1.165) is 12.0 Å². The first-order valence-corrected chi connectivity index (χ1v) is 14.8. The summed E-state index contributed by atoms with van der Waals surface area (Å²) in [6.45, 7) is 0.884. The van der Waals surface area contributed by atoms with Gasteiger partial charge in [-0.2, -0.15) is 8.42 Å². The van der Waals surface area contributed by atoms with Gasteiger partial charge in [-0.15, -0.1) is 0 Å². The smallest absolute Gasteiger partial charge is 0.294 e. The molecule has 1 N–H and O–H groups in total. The second-order valence-electron chi connectivity index (χ2n) is 9.74. The zero-order valence-electron chi connectivity index (χ0n) is 22.4. The molecular weight excluding hydrogens is 577 g/mol. The highest BCUT2D eigenvalue weighted by Crippen LogP contribution is 2.42. The Balaban J connectivity index is 1.72. The summed E-state index contributed by atoms with van der Waals surface area (Å²) in [5.74, 6) is 0.934. The molecule has 11 heteroatoms. The third-order valence-electron chi connectivity index (χ3n) is 7.43. The Morgan fingerprint density at radius 2 is 1.65 bits per heavy atom. The van der Waals surface area contributed by atoms with Gasteiger partial charge in [0.15, 0.2) is 11.5 Å². The van der Waals surface area contributed by atoms with Gasteiger partial charge in [-0.3, -0.25) is 9.35 Å². The summed E-state index contributed by atoms with van der Waals surface area (Å²) in [4.78, 5) is 15.5. The van der Waals surface area contributed by atoms with E-state index >= 15 is 0 Å². The number of halogens is 2. The highest BCUT2D eigenvalue weighted by Gasteiger charge is 2.39. The van der Waals surface area contributed by atoms with Crippen LogP contribution < -0.4 is 14.2 Å². The van der Waals surface area contributed by atoms with E-state index in [-0.39, 0.29) is 10.8 Å². The zero-order chi connectivity index (χ0) is 29.1. The van der Waals surface area contributed by atoms with Crippen molar-refractivity contribution in [2.24, 2.45) is 0 Å². The summed E-state index contributed by atoms with van der Waals surface area (Å²) in [6, 6.07) is 15.1. The Morgan fingerprint density at radius 3 is 2.25 bits per heavy atom. The van der Waals surface area contributed by atoms with Crippen molar-refractivity contribution in [3.8, 4) is 17.2 Å². The standard InChI is InChI=1S/C29H31Cl2NO7S/c1-37-24-15-20(16-25(38-2)27(24)39-3)28(33)32-14-6-12-29(18-32,21-9-10-22(30)23(31)17-21)13-11-19-7-4-5-8-26(19)40(34,35)36/h4-5,7-10,15-17H,6,11-14,18H2,1-3H3,(H,34,35,36). The molecule has 0 aromatic heterocycles. The Bertz CT molecular complexity index is 1490. The molecule has 1 fully saturated rings. The number of piperidine rings is 1. The van der Waals surface area contributed by atoms with Crippen molar-refractivity contribution in [2.75, 3.05) is 34.4 Å². The summed E-state index contributed by atoms with van der Waals surface area (Å²) in [5.41, 5.74) is 1.22. The van der Waals surface area contributed by atoms with Crippen LogP contribution in [0.5, 0.6) is 17.2 Å². The lowest BCUT2D eigenvalue weighted by Gasteiger charge is -2.44. The number of aryl methyl sites for hydroxylation is 1. The van der Waals surface area contributed by atoms with Crippen LogP contribution in [0.4, 0.5) is 0 Å². The van der Waals surface area contributed by atoms with Crippen LogP contribution in [0.1, 0.15) is 40.7 Å². The van der Waals surface area contributed by atoms with Crippen LogP contribution in [-0.4, -0.2) is 58.2 Å². The van der Waals surface area contributed by atoms with E-state index in [1.165, 1.54) is 27.4 Å². The van der Waals surface area contributed by atoms with Gasteiger partial charge in [0, 0.05) is 24.1 Å². The normalized spacial score (nSPS) is 17.4. The van der Waals surface area contributed by atoms with Crippen molar-refractivity contribution in [1.82, 2.24) is 4.90 Å². The number of hydrogen-bond acceptors (Lipinski definition) is 6. The van der Waals surface area contributed by atoms with E-state index < -0.39 is 15.5 Å². The number of methoxy groups -OCH3 is 3. The molecule has 0 aliphatic carbocycles. The van der Waals surface area contributed by atoms with Crippen molar-refractivity contribution in [3.05, 3.63) is 81.3 Å². The van der Waals surface area contributed by atoms with Crippen LogP contribution in [0.25, 0.3) is 0 Å². The van der Waals surface area contributed by atoms with Crippen molar-refractivity contribution in [3.63, 3.8) is 0 Å². The van der Waals surface area contributed by atoms with Gasteiger partial charge in [-0.05, 0) is 67.1 Å². The molecule has 0 radical (unpaired) electrons. The molecule has 1 heterocycles. The molecule has 3 aromatic carbocycles. The van der Waals surface area contributed by atoms with Crippen LogP contribution in [0.15, 0.2) is 59.5 Å². The minimum Gasteiger partial charge on any atom is -0.493 e. The first-order chi connectivity index (χ1) is 19.0. The average Bonchev–Trinajstić information content (AvgIpc) is 2.96. The quantitative estimate of drug-likeness (QED) is 0.294. The molecule has 40 heavy (non-hydrogen) atoms. The Morgan fingerprint density at radius 1 is 0.975 bits per heavy atom. The van der Waals surface area contributed by atoms with Gasteiger partial charge < -0.3 is 19.1 Å². The van der Waals surface area contributed by atoms with E-state index in [1.54, 1.807) is 41.3 Å². The second kappa shape index (κ2) is 12.3. The molecule has 0 bridgehead atoms. The summed E-state index contributed by atoms with van der Waals surface area (Å²) in [5, 5.41) is 0.809. The van der Waals surface area contributed by atoms with Crippen LogP contribution in [0.3, 0.4) is 0 Å². The maximum Gasteiger partial charge on any atom is 0.294 e. The number of amides is 1. The molecule has 214 valence electrons. The molecule has 8 nitrogen and oxygen atoms in total. The van der Waals surface area contributed by atoms with Crippen LogP contribution in [0, 0.1) is 0 Å². The van der Waals surface area contributed by atoms with E-state index in [4.69, 9.17) is 37.4 Å². The van der Waals surface area contributed by atoms with Crippen molar-refractivity contribution < 1.29 is 32.0 Å². The molecule has 1 atom stereocenters. The molecule has 3 aromatic rings. The lowest BCUT2D eigenvalue weighted by molar-refractivity contribution is 0.0626. The molecule has 4 rings (SSSR count). The SMILES string of the molecule is COc1cc(C(=O)N2CCCC(CCc3ccccc3S(=O)(=O)O)(c3ccc(Cl)c(Cl)c3)C2)cc(OC)c1OC. The number of carbonyl (C=O) groups is 1. The van der Waals surface area contributed by atoms with Gasteiger partial charge in [-0.25, -0.2) is 0 Å².